The van der Waals surface area contributed by atoms with Gasteiger partial charge in [-0.1, -0.05) is 20.3 Å². The van der Waals surface area contributed by atoms with Crippen molar-refractivity contribution in [2.75, 3.05) is 21.1 Å². The summed E-state index contributed by atoms with van der Waals surface area (Å²) in [6, 6.07) is 0. The third-order valence-corrected chi connectivity index (χ3v) is 0. The predicted octanol–water partition coefficient (Wildman–Crippen LogP) is 2.27. The first kappa shape index (κ1) is 11.5. The summed E-state index contributed by atoms with van der Waals surface area (Å²) >= 11 is 2.32. The molecule has 0 amide bonds. The molecule has 0 unspecified atom stereocenters. The van der Waals surface area contributed by atoms with Gasteiger partial charge in [0.1, 0.15) is 0 Å². The van der Waals surface area contributed by atoms with Gasteiger partial charge in [-0.25, -0.2) is 0 Å². The lowest BCUT2D eigenvalue weighted by atomic mass is 10.6. The molecule has 0 aliphatic heterocycles. The van der Waals surface area contributed by atoms with Crippen molar-refractivity contribution in [1.29, 1.82) is 0 Å². The minimum Gasteiger partial charge on any atom is -0.275 e. The molecule has 0 aromatic heterocycles. The fraction of sp³-hybridized carbons (Fsp3) is 0.833. The molecule has 51 valence electrons. The highest BCUT2D eigenvalue weighted by molar-refractivity contribution is 14.1. The van der Waals surface area contributed by atoms with Crippen molar-refractivity contribution in [1.82, 2.24) is 0 Å². The van der Waals surface area contributed by atoms with Gasteiger partial charge < -0.3 is 0 Å². The Morgan fingerprint density at radius 3 is 1.38 bits per heavy atom. The molecule has 0 saturated heterocycles. The summed E-state index contributed by atoms with van der Waals surface area (Å²) in [6.45, 7) is 5.50. The molecule has 0 saturated carbocycles. The second kappa shape index (κ2) is 5.82. The molecule has 1 nitrogen and oxygen atoms in total. The SMILES string of the molecule is C[N+](C)(C)I.[CH2]CC. The lowest BCUT2D eigenvalue weighted by Gasteiger charge is -2.09. The van der Waals surface area contributed by atoms with Gasteiger partial charge in [0.25, 0.3) is 0 Å². The van der Waals surface area contributed by atoms with Crippen LogP contribution in [0.2, 0.25) is 0 Å². The molecular weight excluding hydrogens is 213 g/mol. The van der Waals surface area contributed by atoms with Crippen LogP contribution in [0.4, 0.5) is 0 Å². The van der Waals surface area contributed by atoms with Crippen LogP contribution in [0.25, 0.3) is 0 Å². The van der Waals surface area contributed by atoms with Gasteiger partial charge in [0, 0.05) is 0 Å². The number of nitrogens with zero attached hydrogens (tertiary/aromatic N) is 1. The van der Waals surface area contributed by atoms with Crippen molar-refractivity contribution >= 4 is 22.9 Å². The first-order valence-electron chi connectivity index (χ1n) is 2.72. The van der Waals surface area contributed by atoms with Crippen LogP contribution in [0.3, 0.4) is 0 Å². The summed E-state index contributed by atoms with van der Waals surface area (Å²) in [5.74, 6) is 0. The zero-order chi connectivity index (χ0) is 7.21. The Labute approximate surface area is 67.2 Å². The van der Waals surface area contributed by atoms with Crippen molar-refractivity contribution < 1.29 is 2.70 Å². The molecular formula is C6H16IN+. The van der Waals surface area contributed by atoms with Crippen LogP contribution < -0.4 is 0 Å². The first-order chi connectivity index (χ1) is 3.41. The Bertz CT molecular complexity index is 32.3. The van der Waals surface area contributed by atoms with Crippen molar-refractivity contribution in [3.05, 3.63) is 6.92 Å². The van der Waals surface area contributed by atoms with E-state index in [4.69, 9.17) is 0 Å². The lowest BCUT2D eigenvalue weighted by Crippen LogP contribution is -2.18. The Hall–Kier alpha value is 0.690. The highest BCUT2D eigenvalue weighted by Gasteiger charge is 1.93. The average Bonchev–Trinajstić information content (AvgIpc) is 1.27. The van der Waals surface area contributed by atoms with Crippen molar-refractivity contribution in [3.8, 4) is 0 Å². The van der Waals surface area contributed by atoms with Gasteiger partial charge >= 0.3 is 0 Å². The zero-order valence-electron chi connectivity index (χ0n) is 6.24. The van der Waals surface area contributed by atoms with Crippen LogP contribution in [0.5, 0.6) is 0 Å². The Morgan fingerprint density at radius 1 is 1.38 bits per heavy atom. The summed E-state index contributed by atoms with van der Waals surface area (Å²) in [4.78, 5) is 0. The molecule has 0 spiro atoms. The topological polar surface area (TPSA) is 0 Å². The second-order valence-electron chi connectivity index (χ2n) is 2.35. The zero-order valence-corrected chi connectivity index (χ0v) is 8.40. The smallest absolute Gasteiger partial charge is 0.247 e. The van der Waals surface area contributed by atoms with E-state index in [0.29, 0.717) is 0 Å². The van der Waals surface area contributed by atoms with E-state index >= 15 is 0 Å². The molecule has 8 heavy (non-hydrogen) atoms. The van der Waals surface area contributed by atoms with Gasteiger partial charge in [-0.2, -0.15) is 0 Å². The molecule has 0 aromatic carbocycles. The summed E-state index contributed by atoms with van der Waals surface area (Å²) in [5.41, 5.74) is 0. The van der Waals surface area contributed by atoms with E-state index in [-0.39, 0.29) is 0 Å². The van der Waals surface area contributed by atoms with Crippen molar-refractivity contribution in [2.24, 2.45) is 0 Å². The Morgan fingerprint density at radius 2 is 1.38 bits per heavy atom. The second-order valence-corrected chi connectivity index (χ2v) is 5.24. The Kier molecular flexibility index (Phi) is 8.35. The molecule has 1 radical (unpaired) electrons. The summed E-state index contributed by atoms with van der Waals surface area (Å²) in [5, 5.41) is 0. The van der Waals surface area contributed by atoms with E-state index in [0.717, 1.165) is 9.12 Å². The van der Waals surface area contributed by atoms with Crippen LogP contribution in [-0.2, 0) is 0 Å². The average molecular weight is 229 g/mol. The van der Waals surface area contributed by atoms with Gasteiger partial charge in [-0.05, 0) is 0 Å². The van der Waals surface area contributed by atoms with Crippen LogP contribution in [0, 0.1) is 6.92 Å². The number of hydrogen-bond acceptors (Lipinski definition) is 0. The largest absolute Gasteiger partial charge is 0.275 e. The third kappa shape index (κ3) is 455. The fourth-order valence-corrected chi connectivity index (χ4v) is 0. The van der Waals surface area contributed by atoms with E-state index in [9.17, 15) is 0 Å². The highest BCUT2D eigenvalue weighted by Crippen LogP contribution is 1.97. The molecule has 0 aliphatic carbocycles. The minimum absolute atomic E-state index is 0.970. The Balaban J connectivity index is 0. The maximum Gasteiger partial charge on any atom is 0.247 e. The molecule has 0 rings (SSSR count). The van der Waals surface area contributed by atoms with Gasteiger partial charge in [-0.15, -0.1) is 0 Å². The van der Waals surface area contributed by atoms with Crippen LogP contribution in [0.1, 0.15) is 13.3 Å². The van der Waals surface area contributed by atoms with Crippen molar-refractivity contribution in [3.63, 3.8) is 0 Å². The summed E-state index contributed by atoms with van der Waals surface area (Å²) in [7, 11) is 6.34. The van der Waals surface area contributed by atoms with Gasteiger partial charge in [-0.3, -0.25) is 2.70 Å². The molecule has 0 aromatic rings. The van der Waals surface area contributed by atoms with Gasteiger partial charge in [0.05, 0.1) is 21.1 Å². The van der Waals surface area contributed by atoms with Gasteiger partial charge in [0.15, 0.2) is 0 Å². The van der Waals surface area contributed by atoms with Crippen molar-refractivity contribution in [2.45, 2.75) is 13.3 Å². The molecule has 0 aliphatic rings. The van der Waals surface area contributed by atoms with E-state index < -0.39 is 0 Å². The minimum atomic E-state index is 0.970. The van der Waals surface area contributed by atoms with Crippen LogP contribution in [-0.4, -0.2) is 23.8 Å². The molecule has 0 fully saturated rings. The highest BCUT2D eigenvalue weighted by atomic mass is 127. The quantitative estimate of drug-likeness (QED) is 0.441. The predicted molar refractivity (Wildman–Crippen MR) is 47.7 cm³/mol. The summed E-state index contributed by atoms with van der Waals surface area (Å²) < 4.78 is 0.970. The normalized spacial score (nSPS) is 9.75. The third-order valence-electron chi connectivity index (χ3n) is 0. The van der Waals surface area contributed by atoms with E-state index in [2.05, 4.69) is 50.9 Å². The van der Waals surface area contributed by atoms with E-state index in [1.807, 2.05) is 6.92 Å². The van der Waals surface area contributed by atoms with Gasteiger partial charge in [0.2, 0.25) is 22.9 Å². The van der Waals surface area contributed by atoms with Crippen LogP contribution in [0.15, 0.2) is 0 Å². The van der Waals surface area contributed by atoms with E-state index in [1.54, 1.807) is 0 Å². The van der Waals surface area contributed by atoms with E-state index in [1.165, 1.54) is 0 Å². The monoisotopic (exact) mass is 229 g/mol. The molecule has 0 heterocycles. The number of hydrogen-bond donors (Lipinski definition) is 0. The fourth-order valence-electron chi connectivity index (χ4n) is 0. The number of quaternary nitrogens is 1. The standard InChI is InChI=1S/C3H9IN.C3H7/c1-5(2,3)4;1-3-2/h1-3H3;1,3H2,2H3/q+1;. The maximum atomic E-state index is 3.49. The first-order valence-corrected chi connectivity index (χ1v) is 3.68. The molecule has 0 N–H and O–H groups in total. The molecule has 0 bridgehead atoms. The maximum absolute atomic E-state index is 3.49. The number of rotatable bonds is 0. The lowest BCUT2D eigenvalue weighted by molar-refractivity contribution is -0.681. The summed E-state index contributed by atoms with van der Waals surface area (Å²) in [6.07, 6.45) is 1.00. The van der Waals surface area contributed by atoms with Crippen LogP contribution >= 0.6 is 22.9 Å². The molecule has 2 heteroatoms. The molecule has 0 atom stereocenters. The number of halogens is 1.